The number of benzene rings is 2. The molecule has 168 valence electrons. The molecule has 1 amide bonds. The second kappa shape index (κ2) is 9.22. The van der Waals surface area contributed by atoms with Crippen LogP contribution < -0.4 is 9.47 Å². The molecule has 2 atom stereocenters. The van der Waals surface area contributed by atoms with Gasteiger partial charge >= 0.3 is 0 Å². The van der Waals surface area contributed by atoms with E-state index >= 15 is 0 Å². The van der Waals surface area contributed by atoms with Crippen LogP contribution in [-0.4, -0.2) is 55.2 Å². The number of hydrogen-bond donors (Lipinski definition) is 1. The Morgan fingerprint density at radius 2 is 2.00 bits per heavy atom. The lowest BCUT2D eigenvalue weighted by atomic mass is 9.95. The van der Waals surface area contributed by atoms with Gasteiger partial charge in [0.2, 0.25) is 0 Å². The zero-order chi connectivity index (χ0) is 22.8. The van der Waals surface area contributed by atoms with Gasteiger partial charge in [-0.15, -0.1) is 0 Å². The van der Waals surface area contributed by atoms with E-state index < -0.39 is 17.7 Å². The van der Waals surface area contributed by atoms with E-state index in [1.165, 1.54) is 18.1 Å². The van der Waals surface area contributed by atoms with Crippen LogP contribution in [0.3, 0.4) is 0 Å². The lowest BCUT2D eigenvalue weighted by Gasteiger charge is -2.27. The minimum atomic E-state index is -0.782. The molecule has 2 unspecified atom stereocenters. The third-order valence-electron chi connectivity index (χ3n) is 5.80. The molecule has 1 N–H and O–H groups in total. The van der Waals surface area contributed by atoms with Gasteiger partial charge in [0.15, 0.2) is 0 Å². The standard InChI is InChI=1S/C24H24ClNO6/c1-30-16-6-3-5-14(11-16)21-20(22(27)15-8-9-19(31-2)18(25)12-15)23(28)24(29)26(21)13-17-7-4-10-32-17/h3,5-6,8-9,11-12,17,21,27H,4,7,10,13H2,1-2H3/b22-20-. The van der Waals surface area contributed by atoms with E-state index in [1.807, 2.05) is 0 Å². The van der Waals surface area contributed by atoms with Crippen molar-refractivity contribution >= 4 is 29.1 Å². The highest BCUT2D eigenvalue weighted by Crippen LogP contribution is 2.41. The topological polar surface area (TPSA) is 85.3 Å². The Labute approximate surface area is 191 Å². The van der Waals surface area contributed by atoms with Gasteiger partial charge in [-0.05, 0) is 48.7 Å². The summed E-state index contributed by atoms with van der Waals surface area (Å²) in [6, 6.07) is 11.0. The third kappa shape index (κ3) is 4.06. The number of halogens is 1. The Morgan fingerprint density at radius 3 is 2.66 bits per heavy atom. The SMILES string of the molecule is COc1cccc(C2/C(=C(/O)c3ccc(OC)c(Cl)c3)C(=O)C(=O)N2CC2CCCO2)c1. The van der Waals surface area contributed by atoms with Gasteiger partial charge in [-0.3, -0.25) is 9.59 Å². The molecule has 0 aromatic heterocycles. The largest absolute Gasteiger partial charge is 0.507 e. The van der Waals surface area contributed by atoms with E-state index in [2.05, 4.69) is 0 Å². The van der Waals surface area contributed by atoms with Gasteiger partial charge in [-0.1, -0.05) is 23.7 Å². The molecular weight excluding hydrogens is 434 g/mol. The molecule has 0 aliphatic carbocycles. The zero-order valence-corrected chi connectivity index (χ0v) is 18.6. The van der Waals surface area contributed by atoms with Crippen molar-refractivity contribution in [2.45, 2.75) is 25.0 Å². The van der Waals surface area contributed by atoms with Gasteiger partial charge in [0.25, 0.3) is 11.7 Å². The number of aliphatic hydroxyl groups excluding tert-OH is 1. The molecule has 0 bridgehead atoms. The first-order valence-electron chi connectivity index (χ1n) is 10.3. The predicted molar refractivity (Wildman–Crippen MR) is 119 cm³/mol. The number of nitrogens with zero attached hydrogens (tertiary/aromatic N) is 1. The van der Waals surface area contributed by atoms with Crippen LogP contribution in [0.15, 0.2) is 48.0 Å². The van der Waals surface area contributed by atoms with Crippen molar-refractivity contribution in [1.29, 1.82) is 0 Å². The third-order valence-corrected chi connectivity index (χ3v) is 6.09. The molecule has 2 saturated heterocycles. The van der Waals surface area contributed by atoms with Gasteiger partial charge in [0.05, 0.1) is 37.0 Å². The number of methoxy groups -OCH3 is 2. The lowest BCUT2D eigenvalue weighted by molar-refractivity contribution is -0.140. The molecule has 2 aliphatic heterocycles. The summed E-state index contributed by atoms with van der Waals surface area (Å²) in [6.07, 6.45) is 1.56. The minimum Gasteiger partial charge on any atom is -0.507 e. The number of Topliss-reactive ketones (excluding diaryl/α,β-unsaturated/α-hetero) is 1. The maximum absolute atomic E-state index is 13.1. The number of ketones is 1. The van der Waals surface area contributed by atoms with Crippen molar-refractivity contribution in [1.82, 2.24) is 4.90 Å². The summed E-state index contributed by atoms with van der Waals surface area (Å²) in [5.41, 5.74) is 0.976. The molecule has 0 saturated carbocycles. The second-order valence-electron chi connectivity index (χ2n) is 7.71. The number of carbonyl (C=O) groups excluding carboxylic acids is 2. The van der Waals surface area contributed by atoms with Crippen molar-refractivity contribution < 1.29 is 28.9 Å². The molecule has 2 aromatic carbocycles. The highest BCUT2D eigenvalue weighted by Gasteiger charge is 2.47. The summed E-state index contributed by atoms with van der Waals surface area (Å²) in [5.74, 6) is -0.700. The van der Waals surface area contributed by atoms with Crippen LogP contribution in [0.25, 0.3) is 5.76 Å². The summed E-state index contributed by atoms with van der Waals surface area (Å²) in [6.45, 7) is 0.884. The van der Waals surface area contributed by atoms with Crippen molar-refractivity contribution in [2.24, 2.45) is 0 Å². The van der Waals surface area contributed by atoms with Crippen molar-refractivity contribution in [3.05, 3.63) is 64.2 Å². The van der Waals surface area contributed by atoms with Gasteiger partial charge in [-0.25, -0.2) is 0 Å². The average Bonchev–Trinajstić information content (AvgIpc) is 3.41. The minimum absolute atomic E-state index is 0.00230. The van der Waals surface area contributed by atoms with Crippen LogP contribution in [0, 0.1) is 0 Å². The van der Waals surface area contributed by atoms with E-state index in [0.717, 1.165) is 12.8 Å². The zero-order valence-electron chi connectivity index (χ0n) is 17.8. The summed E-state index contributed by atoms with van der Waals surface area (Å²) >= 11 is 6.23. The van der Waals surface area contributed by atoms with Crippen molar-refractivity contribution in [3.8, 4) is 11.5 Å². The van der Waals surface area contributed by atoms with Crippen LogP contribution >= 0.6 is 11.6 Å². The van der Waals surface area contributed by atoms with E-state index in [0.29, 0.717) is 29.2 Å². The molecule has 2 fully saturated rings. The van der Waals surface area contributed by atoms with Crippen LogP contribution in [0.2, 0.25) is 5.02 Å². The first kappa shape index (κ1) is 22.2. The smallest absolute Gasteiger partial charge is 0.295 e. The molecule has 2 aromatic rings. The van der Waals surface area contributed by atoms with Crippen molar-refractivity contribution in [2.75, 3.05) is 27.4 Å². The summed E-state index contributed by atoms with van der Waals surface area (Å²) in [4.78, 5) is 27.6. The Balaban J connectivity index is 1.84. The highest BCUT2D eigenvalue weighted by molar-refractivity contribution is 6.46. The number of hydrogen-bond acceptors (Lipinski definition) is 6. The maximum atomic E-state index is 13.1. The summed E-state index contributed by atoms with van der Waals surface area (Å²) in [7, 11) is 3.03. The molecular formula is C24H24ClNO6. The molecule has 0 radical (unpaired) electrons. The van der Waals surface area contributed by atoms with Crippen LogP contribution in [0.5, 0.6) is 11.5 Å². The van der Waals surface area contributed by atoms with Crippen molar-refractivity contribution in [3.63, 3.8) is 0 Å². The first-order valence-corrected chi connectivity index (χ1v) is 10.7. The van der Waals surface area contributed by atoms with E-state index in [9.17, 15) is 14.7 Å². The van der Waals surface area contributed by atoms with Gasteiger partial charge < -0.3 is 24.2 Å². The van der Waals surface area contributed by atoms with Crippen LogP contribution in [0.4, 0.5) is 0 Å². The van der Waals surface area contributed by atoms with E-state index in [-0.39, 0.29) is 29.0 Å². The highest BCUT2D eigenvalue weighted by atomic mass is 35.5. The van der Waals surface area contributed by atoms with Gasteiger partial charge in [0.1, 0.15) is 17.3 Å². The maximum Gasteiger partial charge on any atom is 0.295 e. The molecule has 0 spiro atoms. The fraction of sp³-hybridized carbons (Fsp3) is 0.333. The van der Waals surface area contributed by atoms with E-state index in [1.54, 1.807) is 43.5 Å². The fourth-order valence-electron chi connectivity index (χ4n) is 4.20. The fourth-order valence-corrected chi connectivity index (χ4v) is 4.46. The Kier molecular flexibility index (Phi) is 6.39. The first-order chi connectivity index (χ1) is 15.4. The summed E-state index contributed by atoms with van der Waals surface area (Å²) in [5, 5.41) is 11.4. The van der Waals surface area contributed by atoms with Crippen LogP contribution in [0.1, 0.15) is 30.0 Å². The molecule has 32 heavy (non-hydrogen) atoms. The number of aliphatic hydroxyl groups is 1. The molecule has 7 nitrogen and oxygen atoms in total. The molecule has 2 aliphatic rings. The molecule has 8 heteroatoms. The molecule has 4 rings (SSSR count). The Morgan fingerprint density at radius 1 is 1.19 bits per heavy atom. The predicted octanol–water partition coefficient (Wildman–Crippen LogP) is 3.96. The quantitative estimate of drug-likeness (QED) is 0.401. The second-order valence-corrected chi connectivity index (χ2v) is 8.12. The Bertz CT molecular complexity index is 1080. The van der Waals surface area contributed by atoms with E-state index in [4.69, 9.17) is 25.8 Å². The average molecular weight is 458 g/mol. The van der Waals surface area contributed by atoms with Crippen LogP contribution in [-0.2, 0) is 14.3 Å². The molecule has 2 heterocycles. The summed E-state index contributed by atoms with van der Waals surface area (Å²) < 4.78 is 16.2. The monoisotopic (exact) mass is 457 g/mol. The number of rotatable bonds is 6. The number of amides is 1. The number of carbonyl (C=O) groups is 2. The number of ether oxygens (including phenoxy) is 3. The lowest BCUT2D eigenvalue weighted by Crippen LogP contribution is -2.36. The van der Waals surface area contributed by atoms with Gasteiger partial charge in [-0.2, -0.15) is 0 Å². The Hall–Kier alpha value is -3.03. The number of likely N-dealkylation sites (tertiary alicyclic amines) is 1. The van der Waals surface area contributed by atoms with Gasteiger partial charge in [0, 0.05) is 18.7 Å². The normalized spacial score (nSPS) is 22.4.